The topological polar surface area (TPSA) is 60.5 Å². The van der Waals surface area contributed by atoms with Crippen LogP contribution < -0.4 is 10.5 Å². The molecule has 4 nitrogen and oxygen atoms in total. The number of aromatic nitrogens is 1. The summed E-state index contributed by atoms with van der Waals surface area (Å²) in [6, 6.07) is 6.91. The molecule has 0 aliphatic rings. The minimum Gasteiger partial charge on any atom is -0.481 e. The van der Waals surface area contributed by atoms with Gasteiger partial charge in [-0.15, -0.1) is 0 Å². The van der Waals surface area contributed by atoms with Crippen LogP contribution in [0.15, 0.2) is 60.0 Å². The minimum atomic E-state index is -4.41. The Balaban J connectivity index is 2.52. The van der Waals surface area contributed by atoms with Crippen LogP contribution in [0.5, 0.6) is 5.88 Å². The van der Waals surface area contributed by atoms with Crippen LogP contribution >= 0.6 is 0 Å². The van der Waals surface area contributed by atoms with Gasteiger partial charge in [0.2, 0.25) is 5.88 Å². The van der Waals surface area contributed by atoms with E-state index in [1.807, 2.05) is 0 Å². The Bertz CT molecular complexity index is 981. The maximum absolute atomic E-state index is 13.3. The average molecular weight is 435 g/mol. The first-order chi connectivity index (χ1) is 14.7. The number of allylic oxidation sites excluding steroid dienone is 2. The van der Waals surface area contributed by atoms with Gasteiger partial charge >= 0.3 is 6.18 Å². The number of nitrogens with zero attached hydrogens (tertiary/aromatic N) is 2. The molecule has 1 atom stereocenters. The van der Waals surface area contributed by atoms with Crippen molar-refractivity contribution in [1.29, 1.82) is 0 Å². The highest BCUT2D eigenvalue weighted by Crippen LogP contribution is 2.31. The molecule has 0 amide bonds. The molecule has 0 bridgehead atoms. The number of hydrogen-bond donors (Lipinski definition) is 1. The lowest BCUT2D eigenvalue weighted by Crippen LogP contribution is -2.06. The van der Waals surface area contributed by atoms with Gasteiger partial charge in [-0.2, -0.15) is 13.2 Å². The molecule has 8 heteroatoms. The standard InChI is InChI=1S/C23H25F4N3O/c1-15(13-24)21-12-18(14-30-22(21)31-3)20(16(2)29-10-9-28)8-7-17-5-4-6-19(11-17)23(25,26)27/h4-6,8-12,14-15H,7,13,28H2,1-3H3/b10-9+,20-8+,29-16+. The zero-order valence-electron chi connectivity index (χ0n) is 17.6. The highest BCUT2D eigenvalue weighted by molar-refractivity contribution is 6.22. The lowest BCUT2D eigenvalue weighted by Gasteiger charge is -2.15. The highest BCUT2D eigenvalue weighted by atomic mass is 19.4. The van der Waals surface area contributed by atoms with E-state index in [0.717, 1.165) is 12.1 Å². The first-order valence-electron chi connectivity index (χ1n) is 9.59. The molecular weight excluding hydrogens is 410 g/mol. The van der Waals surface area contributed by atoms with E-state index in [0.29, 0.717) is 33.9 Å². The zero-order valence-corrected chi connectivity index (χ0v) is 17.6. The van der Waals surface area contributed by atoms with Gasteiger partial charge in [0.15, 0.2) is 0 Å². The first kappa shape index (κ1) is 24.1. The van der Waals surface area contributed by atoms with Crippen LogP contribution in [-0.2, 0) is 12.6 Å². The van der Waals surface area contributed by atoms with Crippen LogP contribution in [0.1, 0.15) is 42.0 Å². The number of aliphatic imine (C=N–C) groups is 1. The summed E-state index contributed by atoms with van der Waals surface area (Å²) in [5.74, 6) is -0.115. The number of hydrogen-bond acceptors (Lipinski definition) is 4. The molecule has 1 aromatic carbocycles. The fraction of sp³-hybridized carbons (Fsp3) is 0.304. The Morgan fingerprint density at radius 2 is 2.03 bits per heavy atom. The molecule has 2 rings (SSSR count). The number of methoxy groups -OCH3 is 1. The third kappa shape index (κ3) is 6.41. The van der Waals surface area contributed by atoms with E-state index in [-0.39, 0.29) is 6.42 Å². The second kappa shape index (κ2) is 10.7. The van der Waals surface area contributed by atoms with Gasteiger partial charge in [0, 0.05) is 46.9 Å². The van der Waals surface area contributed by atoms with Crippen molar-refractivity contribution >= 4 is 11.3 Å². The van der Waals surface area contributed by atoms with Gasteiger partial charge in [-0.3, -0.25) is 9.38 Å². The van der Waals surface area contributed by atoms with E-state index in [1.54, 1.807) is 38.3 Å². The molecule has 0 aliphatic heterocycles. The Labute approximate surface area is 179 Å². The summed E-state index contributed by atoms with van der Waals surface area (Å²) in [6.45, 7) is 2.88. The molecular formula is C23H25F4N3O. The third-order valence-corrected chi connectivity index (χ3v) is 4.69. The molecule has 166 valence electrons. The largest absolute Gasteiger partial charge is 0.481 e. The highest BCUT2D eigenvalue weighted by Gasteiger charge is 2.30. The van der Waals surface area contributed by atoms with Crippen molar-refractivity contribution in [2.75, 3.05) is 13.8 Å². The maximum atomic E-state index is 13.3. The first-order valence-corrected chi connectivity index (χ1v) is 9.59. The smallest absolute Gasteiger partial charge is 0.416 e. The summed E-state index contributed by atoms with van der Waals surface area (Å²) in [6.07, 6.45) is 1.84. The molecule has 0 fully saturated rings. The molecule has 0 spiro atoms. The van der Waals surface area contributed by atoms with Gasteiger partial charge in [0.05, 0.1) is 19.3 Å². The van der Waals surface area contributed by atoms with Crippen molar-refractivity contribution in [3.8, 4) is 5.88 Å². The SMILES string of the molecule is COc1ncc(C(=C/Cc2cccc(C(F)(F)F)c2)/C(C)=N/C=C/N)cc1C(C)CF. The van der Waals surface area contributed by atoms with Crippen molar-refractivity contribution in [2.24, 2.45) is 10.7 Å². The normalized spacial score (nSPS) is 14.2. The quantitative estimate of drug-likeness (QED) is 0.427. The van der Waals surface area contributed by atoms with E-state index in [4.69, 9.17) is 10.5 Å². The number of benzene rings is 1. The number of nitrogens with two attached hydrogens (primary N) is 1. The number of rotatable bonds is 8. The summed E-state index contributed by atoms with van der Waals surface area (Å²) in [7, 11) is 1.46. The van der Waals surface area contributed by atoms with Crippen LogP contribution in [0.25, 0.3) is 5.57 Å². The number of pyridine rings is 1. The van der Waals surface area contributed by atoms with E-state index in [2.05, 4.69) is 9.98 Å². The maximum Gasteiger partial charge on any atom is 0.416 e. The minimum absolute atomic E-state index is 0.235. The summed E-state index contributed by atoms with van der Waals surface area (Å²) in [5.41, 5.74) is 7.63. The van der Waals surface area contributed by atoms with Gasteiger partial charge in [0.1, 0.15) is 0 Å². The molecule has 0 radical (unpaired) electrons. The van der Waals surface area contributed by atoms with E-state index in [1.165, 1.54) is 25.6 Å². The van der Waals surface area contributed by atoms with Crippen LogP contribution in [-0.4, -0.2) is 24.5 Å². The predicted octanol–water partition coefficient (Wildman–Crippen LogP) is 5.70. The Morgan fingerprint density at radius 3 is 2.65 bits per heavy atom. The van der Waals surface area contributed by atoms with Gasteiger partial charge in [0.25, 0.3) is 0 Å². The molecule has 0 aliphatic carbocycles. The van der Waals surface area contributed by atoms with Gasteiger partial charge in [-0.1, -0.05) is 31.2 Å². The Kier molecular flexibility index (Phi) is 8.36. The van der Waals surface area contributed by atoms with Gasteiger partial charge in [-0.05, 0) is 31.0 Å². The fourth-order valence-corrected chi connectivity index (χ4v) is 3.02. The second-order valence-electron chi connectivity index (χ2n) is 6.95. The number of alkyl halides is 4. The van der Waals surface area contributed by atoms with Gasteiger partial charge in [-0.25, -0.2) is 4.98 Å². The summed E-state index contributed by atoms with van der Waals surface area (Å²) >= 11 is 0. The molecule has 31 heavy (non-hydrogen) atoms. The van der Waals surface area contributed by atoms with Crippen molar-refractivity contribution in [3.63, 3.8) is 0 Å². The molecule has 1 heterocycles. The van der Waals surface area contributed by atoms with E-state index in [9.17, 15) is 17.6 Å². The van der Waals surface area contributed by atoms with Crippen molar-refractivity contribution < 1.29 is 22.3 Å². The average Bonchev–Trinajstić information content (AvgIpc) is 2.76. The molecule has 2 N–H and O–H groups in total. The third-order valence-electron chi connectivity index (χ3n) is 4.69. The molecule has 0 saturated carbocycles. The molecule has 2 aromatic rings. The number of halogens is 4. The summed E-state index contributed by atoms with van der Waals surface area (Å²) in [4.78, 5) is 8.53. The molecule has 1 aromatic heterocycles. The lowest BCUT2D eigenvalue weighted by atomic mass is 9.95. The van der Waals surface area contributed by atoms with Crippen LogP contribution in [0.2, 0.25) is 0 Å². The van der Waals surface area contributed by atoms with Gasteiger partial charge < -0.3 is 10.5 Å². The zero-order chi connectivity index (χ0) is 23.0. The van der Waals surface area contributed by atoms with Crippen molar-refractivity contribution in [3.05, 3.63) is 77.3 Å². The van der Waals surface area contributed by atoms with Crippen LogP contribution in [0.4, 0.5) is 17.6 Å². The molecule has 0 saturated heterocycles. The monoisotopic (exact) mass is 435 g/mol. The number of ether oxygens (including phenoxy) is 1. The second-order valence-corrected chi connectivity index (χ2v) is 6.95. The van der Waals surface area contributed by atoms with Crippen LogP contribution in [0, 0.1) is 0 Å². The lowest BCUT2D eigenvalue weighted by molar-refractivity contribution is -0.137. The fourth-order valence-electron chi connectivity index (χ4n) is 3.02. The summed E-state index contributed by atoms with van der Waals surface area (Å²) < 4.78 is 57.6. The summed E-state index contributed by atoms with van der Waals surface area (Å²) in [5, 5.41) is 0. The van der Waals surface area contributed by atoms with Crippen LogP contribution in [0.3, 0.4) is 0 Å². The predicted molar refractivity (Wildman–Crippen MR) is 115 cm³/mol. The van der Waals surface area contributed by atoms with E-state index < -0.39 is 24.3 Å². The molecule has 1 unspecified atom stereocenters. The van der Waals surface area contributed by atoms with E-state index >= 15 is 0 Å². The van der Waals surface area contributed by atoms with Crippen molar-refractivity contribution in [2.45, 2.75) is 32.4 Å². The van der Waals surface area contributed by atoms with Crippen molar-refractivity contribution in [1.82, 2.24) is 4.98 Å². The Morgan fingerprint density at radius 1 is 1.29 bits per heavy atom. The Hall–Kier alpha value is -3.16.